The highest BCUT2D eigenvalue weighted by molar-refractivity contribution is 5.71. The summed E-state index contributed by atoms with van der Waals surface area (Å²) in [7, 11) is 0. The molecule has 1 N–H and O–H groups in total. The fourth-order valence-corrected chi connectivity index (χ4v) is 3.93. The molecule has 2 aliphatic rings. The summed E-state index contributed by atoms with van der Waals surface area (Å²) in [6.07, 6.45) is 12.3. The van der Waals surface area contributed by atoms with Gasteiger partial charge in [-0.25, -0.2) is 0 Å². The minimum absolute atomic E-state index is 0.192. The van der Waals surface area contributed by atoms with Crippen molar-refractivity contribution in [3.63, 3.8) is 0 Å². The zero-order valence-corrected chi connectivity index (χ0v) is 13.1. The number of hydrogen-bond acceptors (Lipinski definition) is 5. The molecule has 0 aromatic carbocycles. The third kappa shape index (κ3) is 2.56. The van der Waals surface area contributed by atoms with E-state index in [9.17, 15) is 5.26 Å². The highest BCUT2D eigenvalue weighted by Gasteiger charge is 2.27. The molecule has 6 nitrogen and oxygen atoms in total. The smallest absolute Gasteiger partial charge is 0.152 e. The van der Waals surface area contributed by atoms with Gasteiger partial charge in [0.25, 0.3) is 0 Å². The molecular weight excluding hydrogens is 288 g/mol. The maximum atomic E-state index is 9.19. The molecule has 0 spiro atoms. The van der Waals surface area contributed by atoms with Gasteiger partial charge in [0.1, 0.15) is 0 Å². The summed E-state index contributed by atoms with van der Waals surface area (Å²) >= 11 is 0. The molecule has 1 atom stereocenters. The lowest BCUT2D eigenvalue weighted by Gasteiger charge is -2.21. The van der Waals surface area contributed by atoms with Gasteiger partial charge in [0, 0.05) is 29.4 Å². The molecule has 1 aliphatic heterocycles. The summed E-state index contributed by atoms with van der Waals surface area (Å²) in [5.74, 6) is 1.46. The second kappa shape index (κ2) is 5.99. The zero-order valence-electron chi connectivity index (χ0n) is 13.1. The Morgan fingerprint density at radius 3 is 3.04 bits per heavy atom. The van der Waals surface area contributed by atoms with Gasteiger partial charge in [-0.3, -0.25) is 4.68 Å². The van der Waals surface area contributed by atoms with E-state index in [2.05, 4.69) is 32.9 Å². The van der Waals surface area contributed by atoms with Gasteiger partial charge in [0.05, 0.1) is 30.9 Å². The highest BCUT2D eigenvalue weighted by Crippen LogP contribution is 2.37. The number of nitrogens with zero attached hydrogens (tertiary/aromatic N) is 5. The number of nitrogens with one attached hydrogen (secondary N) is 1. The molecule has 2 aromatic rings. The third-order valence-corrected chi connectivity index (χ3v) is 5.12. The van der Waals surface area contributed by atoms with Crippen molar-refractivity contribution < 1.29 is 0 Å². The van der Waals surface area contributed by atoms with Crippen molar-refractivity contribution in [2.45, 2.75) is 44.6 Å². The van der Waals surface area contributed by atoms with Crippen LogP contribution in [0.4, 0.5) is 5.82 Å². The predicted molar refractivity (Wildman–Crippen MR) is 86.7 cm³/mol. The van der Waals surface area contributed by atoms with Crippen molar-refractivity contribution in [1.82, 2.24) is 20.0 Å². The number of nitriles is 1. The lowest BCUT2D eigenvalue weighted by atomic mass is 9.96. The summed E-state index contributed by atoms with van der Waals surface area (Å²) < 4.78 is 2.00. The molecule has 0 saturated heterocycles. The van der Waals surface area contributed by atoms with Gasteiger partial charge < -0.3 is 5.32 Å². The van der Waals surface area contributed by atoms with Gasteiger partial charge in [-0.1, -0.05) is 12.8 Å². The van der Waals surface area contributed by atoms with Gasteiger partial charge in [0.15, 0.2) is 5.82 Å². The molecule has 1 saturated carbocycles. The Labute approximate surface area is 135 Å². The fourth-order valence-electron chi connectivity index (χ4n) is 3.93. The molecule has 1 fully saturated rings. The number of anilines is 1. The quantitative estimate of drug-likeness (QED) is 0.939. The van der Waals surface area contributed by atoms with Crippen LogP contribution >= 0.6 is 0 Å². The topological polar surface area (TPSA) is 79.4 Å². The van der Waals surface area contributed by atoms with E-state index in [0.29, 0.717) is 12.3 Å². The van der Waals surface area contributed by atoms with Crippen LogP contribution in [0.5, 0.6) is 0 Å². The first kappa shape index (κ1) is 14.2. The maximum Gasteiger partial charge on any atom is 0.152 e. The predicted octanol–water partition coefficient (Wildman–Crippen LogP) is 2.95. The van der Waals surface area contributed by atoms with Crippen LogP contribution in [-0.4, -0.2) is 26.5 Å². The Morgan fingerprint density at radius 2 is 2.22 bits per heavy atom. The second-order valence-electron chi connectivity index (χ2n) is 6.45. The molecule has 1 unspecified atom stereocenters. The Kier molecular flexibility index (Phi) is 3.70. The molecule has 1 aliphatic carbocycles. The van der Waals surface area contributed by atoms with Crippen LogP contribution in [0.15, 0.2) is 18.6 Å². The lowest BCUT2D eigenvalue weighted by Crippen LogP contribution is -2.17. The summed E-state index contributed by atoms with van der Waals surface area (Å²) in [6, 6.07) is 2.53. The van der Waals surface area contributed by atoms with Crippen molar-refractivity contribution >= 4 is 5.82 Å². The van der Waals surface area contributed by atoms with E-state index in [0.717, 1.165) is 29.9 Å². The van der Waals surface area contributed by atoms with Crippen molar-refractivity contribution in [2.24, 2.45) is 5.92 Å². The molecule has 0 radical (unpaired) electrons. The van der Waals surface area contributed by atoms with Crippen molar-refractivity contribution in [1.29, 1.82) is 5.26 Å². The number of rotatable bonds is 4. The SMILES string of the molecule is N#CCC(C1CCCC1)n1cc(-c2cnnc3c2CCN3)cn1. The molecule has 6 heteroatoms. The van der Waals surface area contributed by atoms with E-state index in [1.807, 2.05) is 17.1 Å². The van der Waals surface area contributed by atoms with Crippen molar-refractivity contribution in [3.05, 3.63) is 24.2 Å². The number of fused-ring (bicyclic) bond motifs is 1. The van der Waals surface area contributed by atoms with Gasteiger partial charge in [0.2, 0.25) is 0 Å². The molecule has 3 heterocycles. The Hall–Kier alpha value is -2.42. The first-order chi connectivity index (χ1) is 11.4. The number of hydrogen-bond donors (Lipinski definition) is 1. The van der Waals surface area contributed by atoms with E-state index in [1.54, 1.807) is 0 Å². The summed E-state index contributed by atoms with van der Waals surface area (Å²) in [5.41, 5.74) is 3.39. The van der Waals surface area contributed by atoms with Crippen molar-refractivity contribution in [3.8, 4) is 17.2 Å². The van der Waals surface area contributed by atoms with E-state index >= 15 is 0 Å². The first-order valence-electron chi connectivity index (χ1n) is 8.36. The summed E-state index contributed by atoms with van der Waals surface area (Å²) in [4.78, 5) is 0. The van der Waals surface area contributed by atoms with Crippen LogP contribution < -0.4 is 5.32 Å². The monoisotopic (exact) mass is 308 g/mol. The molecule has 0 amide bonds. The van der Waals surface area contributed by atoms with Crippen LogP contribution in [0.1, 0.15) is 43.7 Å². The minimum atomic E-state index is 0.192. The van der Waals surface area contributed by atoms with E-state index < -0.39 is 0 Å². The standard InChI is InChI=1S/C17H20N6/c18-7-5-16(12-3-1-2-4-12)23-11-13(9-21-23)15-10-20-22-17-14(15)6-8-19-17/h9-12,16H,1-6,8H2,(H,19,22). The van der Waals surface area contributed by atoms with Crippen LogP contribution in [-0.2, 0) is 6.42 Å². The van der Waals surface area contributed by atoms with E-state index in [-0.39, 0.29) is 6.04 Å². The average molecular weight is 308 g/mol. The minimum Gasteiger partial charge on any atom is -0.368 e. The fraction of sp³-hybridized carbons (Fsp3) is 0.529. The Morgan fingerprint density at radius 1 is 1.35 bits per heavy atom. The third-order valence-electron chi connectivity index (χ3n) is 5.12. The molecule has 23 heavy (non-hydrogen) atoms. The molecule has 2 aromatic heterocycles. The van der Waals surface area contributed by atoms with Crippen LogP contribution in [0.3, 0.4) is 0 Å². The normalized spacial score (nSPS) is 18.4. The highest BCUT2D eigenvalue weighted by atomic mass is 15.3. The van der Waals surface area contributed by atoms with E-state index in [1.165, 1.54) is 31.2 Å². The first-order valence-corrected chi connectivity index (χ1v) is 8.36. The van der Waals surface area contributed by atoms with E-state index in [4.69, 9.17) is 0 Å². The molecule has 0 bridgehead atoms. The largest absolute Gasteiger partial charge is 0.368 e. The van der Waals surface area contributed by atoms with Gasteiger partial charge in [-0.2, -0.15) is 15.5 Å². The van der Waals surface area contributed by atoms with Gasteiger partial charge >= 0.3 is 0 Å². The summed E-state index contributed by atoms with van der Waals surface area (Å²) in [5, 5.41) is 25.3. The van der Waals surface area contributed by atoms with Crippen molar-refractivity contribution in [2.75, 3.05) is 11.9 Å². The Balaban J connectivity index is 1.66. The summed E-state index contributed by atoms with van der Waals surface area (Å²) in [6.45, 7) is 0.911. The molecule has 118 valence electrons. The molecular formula is C17H20N6. The second-order valence-corrected chi connectivity index (χ2v) is 6.45. The number of aromatic nitrogens is 4. The maximum absolute atomic E-state index is 9.19. The molecule has 4 rings (SSSR count). The van der Waals surface area contributed by atoms with Gasteiger partial charge in [-0.05, 0) is 25.2 Å². The zero-order chi connectivity index (χ0) is 15.6. The average Bonchev–Trinajstić information content (AvgIpc) is 3.32. The van der Waals surface area contributed by atoms with Crippen LogP contribution in [0.25, 0.3) is 11.1 Å². The Bertz CT molecular complexity index is 738. The van der Waals surface area contributed by atoms with Crippen LogP contribution in [0.2, 0.25) is 0 Å². The lowest BCUT2D eigenvalue weighted by molar-refractivity contribution is 0.315. The van der Waals surface area contributed by atoms with Gasteiger partial charge in [-0.15, -0.1) is 5.10 Å². The van der Waals surface area contributed by atoms with Crippen LogP contribution in [0, 0.1) is 17.2 Å².